The SMILES string of the molecule is N=C(c1ccc(C(=O)Cc2ccc(Cl)cc2C(=O)Nc2ccc(Cl)cn2)cc1)N1CCC1. The molecule has 1 aromatic heterocycles. The Morgan fingerprint density at radius 1 is 0.969 bits per heavy atom. The van der Waals surface area contributed by atoms with Gasteiger partial charge in [-0.25, -0.2) is 4.98 Å². The number of hydrogen-bond acceptors (Lipinski definition) is 4. The molecule has 1 aliphatic rings. The first kappa shape index (κ1) is 22.0. The van der Waals surface area contributed by atoms with Gasteiger partial charge in [-0.1, -0.05) is 53.5 Å². The molecule has 32 heavy (non-hydrogen) atoms. The predicted octanol–water partition coefficient (Wildman–Crippen LogP) is 5.10. The number of halogens is 2. The molecule has 162 valence electrons. The number of amidine groups is 1. The highest BCUT2D eigenvalue weighted by Crippen LogP contribution is 2.21. The van der Waals surface area contributed by atoms with Crippen molar-refractivity contribution in [3.05, 3.63) is 93.1 Å². The van der Waals surface area contributed by atoms with Crippen LogP contribution in [-0.2, 0) is 6.42 Å². The van der Waals surface area contributed by atoms with Crippen LogP contribution in [0.5, 0.6) is 0 Å². The molecule has 0 spiro atoms. The molecule has 1 amide bonds. The molecule has 2 heterocycles. The van der Waals surface area contributed by atoms with E-state index in [0.29, 0.717) is 38.4 Å². The van der Waals surface area contributed by atoms with Gasteiger partial charge in [0.2, 0.25) is 0 Å². The van der Waals surface area contributed by atoms with Crippen LogP contribution in [0.4, 0.5) is 5.82 Å². The van der Waals surface area contributed by atoms with Gasteiger partial charge in [0.05, 0.1) is 5.02 Å². The van der Waals surface area contributed by atoms with Crippen molar-refractivity contribution in [2.75, 3.05) is 18.4 Å². The Morgan fingerprint density at radius 3 is 2.28 bits per heavy atom. The van der Waals surface area contributed by atoms with Crippen LogP contribution in [0.25, 0.3) is 0 Å². The maximum absolute atomic E-state index is 12.9. The first-order valence-corrected chi connectivity index (χ1v) is 10.8. The van der Waals surface area contributed by atoms with E-state index in [1.165, 1.54) is 12.3 Å². The maximum atomic E-state index is 12.9. The van der Waals surface area contributed by atoms with Crippen molar-refractivity contribution in [2.45, 2.75) is 12.8 Å². The molecule has 2 aromatic carbocycles. The number of aromatic nitrogens is 1. The van der Waals surface area contributed by atoms with E-state index in [1.807, 2.05) is 4.90 Å². The van der Waals surface area contributed by atoms with E-state index < -0.39 is 5.91 Å². The zero-order valence-electron chi connectivity index (χ0n) is 17.1. The quantitative estimate of drug-likeness (QED) is 0.300. The van der Waals surface area contributed by atoms with E-state index in [2.05, 4.69) is 10.3 Å². The van der Waals surface area contributed by atoms with Crippen molar-refractivity contribution in [2.24, 2.45) is 0 Å². The number of nitrogens with zero attached hydrogens (tertiary/aromatic N) is 2. The number of anilines is 1. The molecule has 1 aliphatic heterocycles. The zero-order valence-corrected chi connectivity index (χ0v) is 18.6. The number of pyridine rings is 1. The lowest BCUT2D eigenvalue weighted by molar-refractivity contribution is 0.0992. The summed E-state index contributed by atoms with van der Waals surface area (Å²) < 4.78 is 0. The second-order valence-electron chi connectivity index (χ2n) is 7.48. The van der Waals surface area contributed by atoms with Crippen molar-refractivity contribution < 1.29 is 9.59 Å². The summed E-state index contributed by atoms with van der Waals surface area (Å²) in [5, 5.41) is 11.8. The monoisotopic (exact) mass is 466 g/mol. The van der Waals surface area contributed by atoms with Crippen LogP contribution in [0.1, 0.15) is 38.3 Å². The minimum Gasteiger partial charge on any atom is -0.356 e. The Morgan fingerprint density at radius 2 is 1.66 bits per heavy atom. The van der Waals surface area contributed by atoms with Crippen LogP contribution in [0, 0.1) is 5.41 Å². The van der Waals surface area contributed by atoms with E-state index in [9.17, 15) is 9.59 Å². The summed E-state index contributed by atoms with van der Waals surface area (Å²) in [5.74, 6) is 0.274. The average Bonchev–Trinajstić information content (AvgIpc) is 2.75. The summed E-state index contributed by atoms with van der Waals surface area (Å²) in [6.45, 7) is 1.79. The molecule has 3 aromatic rings. The minimum atomic E-state index is -0.413. The molecule has 6 nitrogen and oxygen atoms in total. The first-order chi connectivity index (χ1) is 15.4. The minimum absolute atomic E-state index is 0.0386. The maximum Gasteiger partial charge on any atom is 0.257 e. The van der Waals surface area contributed by atoms with E-state index in [-0.39, 0.29) is 12.2 Å². The average molecular weight is 467 g/mol. The fourth-order valence-electron chi connectivity index (χ4n) is 3.36. The molecule has 2 N–H and O–H groups in total. The number of nitrogens with one attached hydrogen (secondary N) is 2. The third-order valence-corrected chi connectivity index (χ3v) is 5.75. The lowest BCUT2D eigenvalue weighted by Gasteiger charge is -2.33. The third kappa shape index (κ3) is 4.98. The van der Waals surface area contributed by atoms with Crippen LogP contribution < -0.4 is 5.32 Å². The number of likely N-dealkylation sites (tertiary alicyclic amines) is 1. The standard InChI is InChI=1S/C24H20Cl2N4O2/c25-18-7-6-17(20(13-18)24(32)29-22-9-8-19(26)14-28-22)12-21(31)15-2-4-16(5-3-15)23(27)30-10-1-11-30/h2-9,13-14,27H,1,10-12H2,(H,28,29,32). The Labute approximate surface area is 195 Å². The summed E-state index contributed by atoms with van der Waals surface area (Å²) in [7, 11) is 0. The predicted molar refractivity (Wildman–Crippen MR) is 126 cm³/mol. The number of hydrogen-bond donors (Lipinski definition) is 2. The molecule has 4 rings (SSSR count). The van der Waals surface area contributed by atoms with Crippen LogP contribution >= 0.6 is 23.2 Å². The van der Waals surface area contributed by atoms with E-state index in [1.54, 1.807) is 48.5 Å². The largest absolute Gasteiger partial charge is 0.356 e. The van der Waals surface area contributed by atoms with Crippen LogP contribution in [-0.4, -0.2) is 40.5 Å². The fourth-order valence-corrected chi connectivity index (χ4v) is 3.64. The van der Waals surface area contributed by atoms with Crippen LogP contribution in [0.2, 0.25) is 10.0 Å². The molecule has 0 atom stereocenters. The molecule has 0 aliphatic carbocycles. The summed E-state index contributed by atoms with van der Waals surface area (Å²) in [6, 6.07) is 15.1. The van der Waals surface area contributed by atoms with Crippen molar-refractivity contribution >= 4 is 46.5 Å². The Bertz CT molecular complexity index is 1170. The van der Waals surface area contributed by atoms with Gasteiger partial charge < -0.3 is 10.2 Å². The lowest BCUT2D eigenvalue weighted by Crippen LogP contribution is -2.42. The number of Topliss-reactive ketones (excluding diaryl/α,β-unsaturated/α-hetero) is 1. The van der Waals surface area contributed by atoms with Gasteiger partial charge in [-0.15, -0.1) is 0 Å². The molecule has 0 saturated carbocycles. The molecular formula is C24H20Cl2N4O2. The zero-order chi connectivity index (χ0) is 22.7. The summed E-state index contributed by atoms with van der Waals surface area (Å²) in [4.78, 5) is 31.8. The van der Waals surface area contributed by atoms with Gasteiger partial charge in [-0.3, -0.25) is 15.0 Å². The first-order valence-electron chi connectivity index (χ1n) is 10.1. The van der Waals surface area contributed by atoms with Gasteiger partial charge in [0.15, 0.2) is 5.78 Å². The topological polar surface area (TPSA) is 86.1 Å². The highest BCUT2D eigenvalue weighted by Gasteiger charge is 2.20. The Kier molecular flexibility index (Phi) is 6.53. The van der Waals surface area contributed by atoms with Gasteiger partial charge in [0.25, 0.3) is 5.91 Å². The fraction of sp³-hybridized carbons (Fsp3) is 0.167. The van der Waals surface area contributed by atoms with Gasteiger partial charge in [0, 0.05) is 47.4 Å². The highest BCUT2D eigenvalue weighted by molar-refractivity contribution is 6.31. The molecule has 0 unspecified atom stereocenters. The molecule has 8 heteroatoms. The molecular weight excluding hydrogens is 447 g/mol. The van der Waals surface area contributed by atoms with Gasteiger partial charge >= 0.3 is 0 Å². The normalized spacial score (nSPS) is 12.8. The van der Waals surface area contributed by atoms with Crippen LogP contribution in [0.15, 0.2) is 60.8 Å². The summed E-state index contributed by atoms with van der Waals surface area (Å²) >= 11 is 11.9. The van der Waals surface area contributed by atoms with Crippen molar-refractivity contribution in [3.8, 4) is 0 Å². The Hall–Kier alpha value is -3.22. The number of ketones is 1. The number of amides is 1. The Balaban J connectivity index is 1.49. The molecule has 1 fully saturated rings. The second kappa shape index (κ2) is 9.51. The number of rotatable bonds is 6. The third-order valence-electron chi connectivity index (χ3n) is 5.29. The van der Waals surface area contributed by atoms with Gasteiger partial charge in [0.1, 0.15) is 11.7 Å². The number of benzene rings is 2. The molecule has 0 bridgehead atoms. The molecule has 0 radical (unpaired) electrons. The smallest absolute Gasteiger partial charge is 0.257 e. The summed E-state index contributed by atoms with van der Waals surface area (Å²) in [6.07, 6.45) is 2.58. The van der Waals surface area contributed by atoms with Crippen molar-refractivity contribution in [1.29, 1.82) is 5.41 Å². The number of carbonyl (C=O) groups excluding carboxylic acids is 2. The molecule has 1 saturated heterocycles. The summed E-state index contributed by atoms with van der Waals surface area (Å²) in [5.41, 5.74) is 2.16. The highest BCUT2D eigenvalue weighted by atomic mass is 35.5. The second-order valence-corrected chi connectivity index (χ2v) is 8.36. The lowest BCUT2D eigenvalue weighted by atomic mass is 9.97. The van der Waals surface area contributed by atoms with Crippen LogP contribution in [0.3, 0.4) is 0 Å². The van der Waals surface area contributed by atoms with E-state index in [4.69, 9.17) is 28.6 Å². The van der Waals surface area contributed by atoms with Gasteiger partial charge in [-0.2, -0.15) is 0 Å². The van der Waals surface area contributed by atoms with E-state index in [0.717, 1.165) is 25.1 Å². The number of carbonyl (C=O) groups is 2. The van der Waals surface area contributed by atoms with Crippen molar-refractivity contribution in [1.82, 2.24) is 9.88 Å². The van der Waals surface area contributed by atoms with Gasteiger partial charge in [-0.05, 0) is 36.2 Å². The van der Waals surface area contributed by atoms with E-state index >= 15 is 0 Å². The van der Waals surface area contributed by atoms with Crippen molar-refractivity contribution in [3.63, 3.8) is 0 Å².